The number of pyridine rings is 1. The summed E-state index contributed by atoms with van der Waals surface area (Å²) in [4.78, 5) is 14.7. The van der Waals surface area contributed by atoms with Crippen LogP contribution >= 0.6 is 22.7 Å². The molecule has 5 nitrogen and oxygen atoms in total. The highest BCUT2D eigenvalue weighted by molar-refractivity contribution is 7.10. The number of thiazole rings is 1. The van der Waals surface area contributed by atoms with Crippen LogP contribution in [0.4, 0.5) is 0 Å². The average Bonchev–Trinajstić information content (AvgIpc) is 3.78. The van der Waals surface area contributed by atoms with Gasteiger partial charge < -0.3 is 8.83 Å². The lowest BCUT2D eigenvalue weighted by atomic mass is 10.1. The number of aryl methyl sites for hydroxylation is 12. The summed E-state index contributed by atoms with van der Waals surface area (Å²) >= 11 is 3.50. The van der Waals surface area contributed by atoms with Gasteiger partial charge in [-0.25, -0.2) is 9.97 Å². The SMILES string of the molecule is Cc1ccccc1C.Cc1cccnc1C.Cc1ccoc1C.Cc1ccsc1C.Cc1ncoc1C.Cc1ncsc1C. The minimum absolute atomic E-state index is 0.903. The van der Waals surface area contributed by atoms with Crippen molar-refractivity contribution in [3.8, 4) is 0 Å². The third-order valence-electron chi connectivity index (χ3n) is 6.90. The maximum absolute atomic E-state index is 4.96. The molecule has 0 aliphatic rings. The molecule has 44 heavy (non-hydrogen) atoms. The predicted molar refractivity (Wildman–Crippen MR) is 189 cm³/mol. The summed E-state index contributed by atoms with van der Waals surface area (Å²) in [7, 11) is 0. The van der Waals surface area contributed by atoms with E-state index in [9.17, 15) is 0 Å². The van der Waals surface area contributed by atoms with E-state index in [1.54, 1.807) is 28.9 Å². The molecule has 0 fully saturated rings. The Morgan fingerprint density at radius 1 is 0.477 bits per heavy atom. The van der Waals surface area contributed by atoms with Gasteiger partial charge in [0.2, 0.25) is 0 Å². The first-order valence-electron chi connectivity index (χ1n) is 14.5. The Bertz CT molecular complexity index is 1300. The molecular formula is C37H49N3O2S2. The molecule has 236 valence electrons. The fourth-order valence-corrected chi connectivity index (χ4v) is 4.17. The molecule has 7 heteroatoms. The van der Waals surface area contributed by atoms with Gasteiger partial charge in [0.25, 0.3) is 0 Å². The normalized spacial score (nSPS) is 9.36. The maximum Gasteiger partial charge on any atom is 0.181 e. The van der Waals surface area contributed by atoms with E-state index in [0.29, 0.717) is 0 Å². The van der Waals surface area contributed by atoms with Crippen molar-refractivity contribution in [1.29, 1.82) is 0 Å². The van der Waals surface area contributed by atoms with Gasteiger partial charge in [-0.2, -0.15) is 0 Å². The van der Waals surface area contributed by atoms with Crippen LogP contribution < -0.4 is 0 Å². The molecule has 6 aromatic rings. The van der Waals surface area contributed by atoms with Gasteiger partial charge >= 0.3 is 0 Å². The van der Waals surface area contributed by atoms with E-state index in [4.69, 9.17) is 8.83 Å². The Kier molecular flexibility index (Phi) is 18.2. The predicted octanol–water partition coefficient (Wildman–Crippen LogP) is 11.3. The van der Waals surface area contributed by atoms with E-state index in [1.807, 2.05) is 65.4 Å². The van der Waals surface area contributed by atoms with Crippen LogP contribution in [0.1, 0.15) is 66.2 Å². The molecular weight excluding hydrogens is 583 g/mol. The van der Waals surface area contributed by atoms with Crippen molar-refractivity contribution >= 4 is 22.7 Å². The number of thiophene rings is 1. The molecule has 0 N–H and O–H groups in total. The Balaban J connectivity index is 0.000000264. The van der Waals surface area contributed by atoms with Crippen LogP contribution in [0.15, 0.2) is 87.1 Å². The second-order valence-corrected chi connectivity index (χ2v) is 12.5. The summed E-state index contributed by atoms with van der Waals surface area (Å²) in [6.07, 6.45) is 4.96. The lowest BCUT2D eigenvalue weighted by Gasteiger charge is -1.93. The van der Waals surface area contributed by atoms with Crippen molar-refractivity contribution in [3.05, 3.63) is 144 Å². The number of oxazole rings is 1. The third kappa shape index (κ3) is 15.6. The largest absolute Gasteiger partial charge is 0.469 e. The van der Waals surface area contributed by atoms with Gasteiger partial charge in [0, 0.05) is 21.6 Å². The summed E-state index contributed by atoms with van der Waals surface area (Å²) in [5.41, 5.74) is 11.7. The highest BCUT2D eigenvalue weighted by Gasteiger charge is 1.91. The molecule has 1 aromatic carbocycles. The number of hydrogen-bond donors (Lipinski definition) is 0. The van der Waals surface area contributed by atoms with E-state index < -0.39 is 0 Å². The van der Waals surface area contributed by atoms with Crippen LogP contribution in [0.5, 0.6) is 0 Å². The number of nitrogens with zero attached hydrogens (tertiary/aromatic N) is 3. The first-order valence-corrected chi connectivity index (χ1v) is 16.2. The molecule has 6 rings (SSSR count). The molecule has 0 aliphatic carbocycles. The summed E-state index contributed by atoms with van der Waals surface area (Å²) in [6, 6.07) is 16.5. The first kappa shape index (κ1) is 38.2. The van der Waals surface area contributed by atoms with Crippen LogP contribution in [0.2, 0.25) is 0 Å². The first-order chi connectivity index (χ1) is 20.8. The van der Waals surface area contributed by atoms with Gasteiger partial charge in [-0.3, -0.25) is 4.98 Å². The van der Waals surface area contributed by atoms with E-state index >= 15 is 0 Å². The van der Waals surface area contributed by atoms with Crippen molar-refractivity contribution in [1.82, 2.24) is 15.0 Å². The van der Waals surface area contributed by atoms with Crippen molar-refractivity contribution in [2.24, 2.45) is 0 Å². The van der Waals surface area contributed by atoms with Crippen LogP contribution in [0, 0.1) is 83.1 Å². The molecule has 0 bridgehead atoms. The van der Waals surface area contributed by atoms with Gasteiger partial charge in [-0.1, -0.05) is 30.3 Å². The van der Waals surface area contributed by atoms with E-state index in [2.05, 4.69) is 98.3 Å². The molecule has 0 saturated heterocycles. The van der Waals surface area contributed by atoms with Crippen molar-refractivity contribution < 1.29 is 8.83 Å². The molecule has 5 heterocycles. The summed E-state index contributed by atoms with van der Waals surface area (Å²) < 4.78 is 9.82. The minimum Gasteiger partial charge on any atom is -0.469 e. The zero-order valence-electron chi connectivity index (χ0n) is 28.5. The monoisotopic (exact) mass is 631 g/mol. The Labute approximate surface area is 273 Å². The molecule has 0 spiro atoms. The van der Waals surface area contributed by atoms with Crippen molar-refractivity contribution in [2.45, 2.75) is 83.1 Å². The van der Waals surface area contributed by atoms with Crippen molar-refractivity contribution in [2.75, 3.05) is 0 Å². The average molecular weight is 632 g/mol. The van der Waals surface area contributed by atoms with Gasteiger partial charge in [-0.05, 0) is 134 Å². The second-order valence-electron chi connectivity index (χ2n) is 10.3. The van der Waals surface area contributed by atoms with Gasteiger partial charge in [0.15, 0.2) is 6.39 Å². The Morgan fingerprint density at radius 3 is 1.32 bits per heavy atom. The molecule has 0 atom stereocenters. The number of furan rings is 1. The highest BCUT2D eigenvalue weighted by atomic mass is 32.1. The van der Waals surface area contributed by atoms with Crippen molar-refractivity contribution in [3.63, 3.8) is 0 Å². The number of hydrogen-bond acceptors (Lipinski definition) is 7. The van der Waals surface area contributed by atoms with Crippen LogP contribution in [-0.4, -0.2) is 15.0 Å². The fourth-order valence-electron chi connectivity index (χ4n) is 2.85. The third-order valence-corrected chi connectivity index (χ3v) is 8.71. The summed E-state index contributed by atoms with van der Waals surface area (Å²) in [5.74, 6) is 1.92. The molecule has 0 radical (unpaired) electrons. The zero-order chi connectivity index (χ0) is 33.1. The Hall–Kier alpha value is -3.81. The lowest BCUT2D eigenvalue weighted by Crippen LogP contribution is -1.81. The standard InChI is InChI=1S/C8H10.C7H9N.C6H8O.C6H8S.C5H7NO.C5H7NS/c1-7-5-3-4-6-8(7)2;1-6-4-3-5-8-7(6)2;2*1-5-3-4-7-6(5)2;2*1-4-5(2)7-3-6-4/h3-6H,1-2H3;3-5H,1-2H3;2*3-4H,1-2H3;2*3H,1-2H3. The zero-order valence-corrected chi connectivity index (χ0v) is 30.1. The van der Waals surface area contributed by atoms with E-state index in [-0.39, 0.29) is 0 Å². The lowest BCUT2D eigenvalue weighted by molar-refractivity contribution is 0.525. The topological polar surface area (TPSA) is 65.0 Å². The Morgan fingerprint density at radius 2 is 1.11 bits per heavy atom. The highest BCUT2D eigenvalue weighted by Crippen LogP contribution is 2.12. The number of aromatic nitrogens is 3. The van der Waals surface area contributed by atoms with Gasteiger partial charge in [0.05, 0.1) is 23.2 Å². The molecule has 0 saturated carbocycles. The maximum atomic E-state index is 4.96. The number of benzene rings is 1. The van der Waals surface area contributed by atoms with Crippen LogP contribution in [-0.2, 0) is 0 Å². The molecule has 0 unspecified atom stereocenters. The van der Waals surface area contributed by atoms with Crippen LogP contribution in [0.3, 0.4) is 0 Å². The quantitative estimate of drug-likeness (QED) is 0.167. The van der Waals surface area contributed by atoms with Crippen LogP contribution in [0.25, 0.3) is 0 Å². The smallest absolute Gasteiger partial charge is 0.181 e. The molecule has 0 amide bonds. The fraction of sp³-hybridized carbons (Fsp3) is 0.324. The van der Waals surface area contributed by atoms with Gasteiger partial charge in [0.1, 0.15) is 11.5 Å². The molecule has 5 aromatic heterocycles. The number of rotatable bonds is 0. The van der Waals surface area contributed by atoms with E-state index in [0.717, 1.165) is 28.6 Å². The summed E-state index contributed by atoms with van der Waals surface area (Å²) in [6.45, 7) is 24.5. The molecule has 0 aliphatic heterocycles. The minimum atomic E-state index is 0.903. The summed E-state index contributed by atoms with van der Waals surface area (Å²) in [5, 5.41) is 2.12. The van der Waals surface area contributed by atoms with E-state index in [1.165, 1.54) is 44.0 Å². The second kappa shape index (κ2) is 21.0. The van der Waals surface area contributed by atoms with Gasteiger partial charge in [-0.15, -0.1) is 22.7 Å².